The number of nitrogen functional groups attached to an aromatic ring is 1. The molecule has 2 rings (SSSR count). The number of hydrogen-bond donors (Lipinski definition) is 2. The highest BCUT2D eigenvalue weighted by molar-refractivity contribution is 6.11. The summed E-state index contributed by atoms with van der Waals surface area (Å²) in [5, 5.41) is 2.70. The number of anilines is 2. The lowest BCUT2D eigenvalue weighted by Gasteiger charge is -2.12. The summed E-state index contributed by atoms with van der Waals surface area (Å²) in [7, 11) is 1.29. The molecule has 0 aliphatic carbocycles. The second-order valence-electron chi connectivity index (χ2n) is 4.53. The van der Waals surface area contributed by atoms with Crippen LogP contribution in [-0.4, -0.2) is 19.0 Å². The molecular formula is C16H16N2O3. The number of esters is 1. The van der Waals surface area contributed by atoms with Gasteiger partial charge in [-0.3, -0.25) is 4.79 Å². The van der Waals surface area contributed by atoms with Gasteiger partial charge in [-0.25, -0.2) is 4.79 Å². The lowest BCUT2D eigenvalue weighted by Crippen LogP contribution is -2.18. The standard InChI is InChI=1S/C16H16N2O3/c1-10-6-5-8-12(17)14(10)15(19)18-13-9-4-3-7-11(13)16(20)21-2/h3-9H,17H2,1-2H3,(H,18,19). The molecule has 21 heavy (non-hydrogen) atoms. The quantitative estimate of drug-likeness (QED) is 0.670. The Balaban J connectivity index is 2.35. The molecule has 0 saturated carbocycles. The van der Waals surface area contributed by atoms with E-state index >= 15 is 0 Å². The van der Waals surface area contributed by atoms with Crippen molar-refractivity contribution in [3.63, 3.8) is 0 Å². The van der Waals surface area contributed by atoms with E-state index in [0.717, 1.165) is 5.56 Å². The number of nitrogens with one attached hydrogen (secondary N) is 1. The number of methoxy groups -OCH3 is 1. The number of hydrogen-bond acceptors (Lipinski definition) is 4. The molecule has 2 aromatic carbocycles. The number of carbonyl (C=O) groups is 2. The van der Waals surface area contributed by atoms with Gasteiger partial charge in [0.1, 0.15) is 0 Å². The van der Waals surface area contributed by atoms with Crippen molar-refractivity contribution in [2.75, 3.05) is 18.2 Å². The Hall–Kier alpha value is -2.82. The van der Waals surface area contributed by atoms with Gasteiger partial charge in [-0.05, 0) is 30.7 Å². The molecule has 5 heteroatoms. The van der Waals surface area contributed by atoms with E-state index in [9.17, 15) is 9.59 Å². The van der Waals surface area contributed by atoms with Gasteiger partial charge < -0.3 is 15.8 Å². The molecule has 0 unspecified atom stereocenters. The van der Waals surface area contributed by atoms with Crippen LogP contribution in [0.25, 0.3) is 0 Å². The fraction of sp³-hybridized carbons (Fsp3) is 0.125. The number of benzene rings is 2. The molecule has 3 N–H and O–H groups in total. The topological polar surface area (TPSA) is 81.4 Å². The molecule has 5 nitrogen and oxygen atoms in total. The molecular weight excluding hydrogens is 268 g/mol. The van der Waals surface area contributed by atoms with E-state index < -0.39 is 5.97 Å². The van der Waals surface area contributed by atoms with Gasteiger partial charge >= 0.3 is 5.97 Å². The number of rotatable bonds is 3. The van der Waals surface area contributed by atoms with E-state index in [2.05, 4.69) is 5.32 Å². The van der Waals surface area contributed by atoms with Crippen LogP contribution in [0, 0.1) is 6.92 Å². The summed E-state index contributed by atoms with van der Waals surface area (Å²) >= 11 is 0. The fourth-order valence-corrected chi connectivity index (χ4v) is 2.07. The van der Waals surface area contributed by atoms with Crippen molar-refractivity contribution in [2.24, 2.45) is 0 Å². The summed E-state index contributed by atoms with van der Waals surface area (Å²) in [5.41, 5.74) is 8.08. The van der Waals surface area contributed by atoms with Crippen molar-refractivity contribution in [1.29, 1.82) is 0 Å². The lowest BCUT2D eigenvalue weighted by molar-refractivity contribution is 0.0602. The fourth-order valence-electron chi connectivity index (χ4n) is 2.07. The highest BCUT2D eigenvalue weighted by Crippen LogP contribution is 2.21. The summed E-state index contributed by atoms with van der Waals surface area (Å²) in [6, 6.07) is 11.9. The van der Waals surface area contributed by atoms with E-state index in [4.69, 9.17) is 10.5 Å². The van der Waals surface area contributed by atoms with E-state index in [-0.39, 0.29) is 5.91 Å². The van der Waals surface area contributed by atoms with Crippen LogP contribution in [-0.2, 0) is 4.74 Å². The van der Waals surface area contributed by atoms with Crippen molar-refractivity contribution in [3.05, 3.63) is 59.2 Å². The number of nitrogens with two attached hydrogens (primary N) is 1. The predicted molar refractivity (Wildman–Crippen MR) is 81.3 cm³/mol. The molecule has 0 radical (unpaired) electrons. The van der Waals surface area contributed by atoms with E-state index in [0.29, 0.717) is 22.5 Å². The Labute approximate surface area is 122 Å². The number of carbonyl (C=O) groups excluding carboxylic acids is 2. The van der Waals surface area contributed by atoms with Gasteiger partial charge in [0, 0.05) is 5.69 Å². The normalized spacial score (nSPS) is 10.0. The maximum Gasteiger partial charge on any atom is 0.339 e. The summed E-state index contributed by atoms with van der Waals surface area (Å²) in [6.45, 7) is 1.80. The van der Waals surface area contributed by atoms with Crippen molar-refractivity contribution < 1.29 is 14.3 Å². The molecule has 108 valence electrons. The third kappa shape index (κ3) is 3.02. The molecule has 0 fully saturated rings. The number of ether oxygens (including phenoxy) is 1. The van der Waals surface area contributed by atoms with Crippen LogP contribution < -0.4 is 11.1 Å². The maximum absolute atomic E-state index is 12.4. The van der Waals surface area contributed by atoms with Crippen molar-refractivity contribution >= 4 is 23.3 Å². The molecule has 0 bridgehead atoms. The predicted octanol–water partition coefficient (Wildman–Crippen LogP) is 2.62. The first-order valence-electron chi connectivity index (χ1n) is 6.38. The van der Waals surface area contributed by atoms with Gasteiger partial charge in [0.25, 0.3) is 5.91 Å². The zero-order chi connectivity index (χ0) is 15.4. The Morgan fingerprint density at radius 1 is 1.10 bits per heavy atom. The first-order valence-corrected chi connectivity index (χ1v) is 6.38. The van der Waals surface area contributed by atoms with Crippen LogP contribution in [0.15, 0.2) is 42.5 Å². The molecule has 2 aromatic rings. The highest BCUT2D eigenvalue weighted by atomic mass is 16.5. The van der Waals surface area contributed by atoms with Crippen LogP contribution in [0.3, 0.4) is 0 Å². The SMILES string of the molecule is COC(=O)c1ccccc1NC(=O)c1c(C)cccc1N. The van der Waals surface area contributed by atoms with Gasteiger partial charge in [-0.1, -0.05) is 24.3 Å². The lowest BCUT2D eigenvalue weighted by atomic mass is 10.1. The second kappa shape index (κ2) is 6.09. The Morgan fingerprint density at radius 3 is 2.48 bits per heavy atom. The zero-order valence-electron chi connectivity index (χ0n) is 11.8. The summed E-state index contributed by atoms with van der Waals surface area (Å²) in [6.07, 6.45) is 0. The smallest absolute Gasteiger partial charge is 0.339 e. The van der Waals surface area contributed by atoms with Crippen LogP contribution in [0.2, 0.25) is 0 Å². The third-order valence-electron chi connectivity index (χ3n) is 3.11. The number of para-hydroxylation sites is 1. The Bertz CT molecular complexity index is 675. The van der Waals surface area contributed by atoms with Crippen LogP contribution >= 0.6 is 0 Å². The number of amides is 1. The average molecular weight is 284 g/mol. The third-order valence-corrected chi connectivity index (χ3v) is 3.11. The minimum absolute atomic E-state index is 0.292. The zero-order valence-corrected chi connectivity index (χ0v) is 11.8. The van der Waals surface area contributed by atoms with Crippen molar-refractivity contribution in [2.45, 2.75) is 6.92 Å². The Morgan fingerprint density at radius 2 is 1.81 bits per heavy atom. The molecule has 1 amide bonds. The molecule has 0 aliphatic rings. The minimum Gasteiger partial charge on any atom is -0.465 e. The largest absolute Gasteiger partial charge is 0.465 e. The summed E-state index contributed by atoms with van der Waals surface area (Å²) in [4.78, 5) is 24.1. The summed E-state index contributed by atoms with van der Waals surface area (Å²) in [5.74, 6) is -0.870. The molecule has 0 heterocycles. The van der Waals surface area contributed by atoms with E-state index in [1.54, 1.807) is 49.4 Å². The van der Waals surface area contributed by atoms with Gasteiger partial charge in [-0.15, -0.1) is 0 Å². The molecule has 0 spiro atoms. The van der Waals surface area contributed by atoms with Gasteiger partial charge in [0.15, 0.2) is 0 Å². The van der Waals surface area contributed by atoms with Crippen molar-refractivity contribution in [1.82, 2.24) is 0 Å². The Kier molecular flexibility index (Phi) is 4.23. The van der Waals surface area contributed by atoms with E-state index in [1.165, 1.54) is 7.11 Å². The summed E-state index contributed by atoms with van der Waals surface area (Å²) < 4.78 is 4.70. The van der Waals surface area contributed by atoms with Crippen LogP contribution in [0.1, 0.15) is 26.3 Å². The van der Waals surface area contributed by atoms with Crippen molar-refractivity contribution in [3.8, 4) is 0 Å². The molecule has 0 aliphatic heterocycles. The monoisotopic (exact) mass is 284 g/mol. The van der Waals surface area contributed by atoms with Gasteiger partial charge in [-0.2, -0.15) is 0 Å². The van der Waals surface area contributed by atoms with Crippen LogP contribution in [0.4, 0.5) is 11.4 Å². The van der Waals surface area contributed by atoms with Gasteiger partial charge in [0.05, 0.1) is 23.9 Å². The molecule has 0 aromatic heterocycles. The van der Waals surface area contributed by atoms with E-state index in [1.807, 2.05) is 0 Å². The average Bonchev–Trinajstić information content (AvgIpc) is 2.47. The second-order valence-corrected chi connectivity index (χ2v) is 4.53. The number of aryl methyl sites for hydroxylation is 1. The first kappa shape index (κ1) is 14.6. The first-order chi connectivity index (χ1) is 10.0. The molecule has 0 saturated heterocycles. The maximum atomic E-state index is 12.4. The van der Waals surface area contributed by atoms with Crippen LogP contribution in [0.5, 0.6) is 0 Å². The molecule has 0 atom stereocenters. The highest BCUT2D eigenvalue weighted by Gasteiger charge is 2.17. The van der Waals surface area contributed by atoms with Gasteiger partial charge in [0.2, 0.25) is 0 Å². The minimum atomic E-state index is -0.511.